The number of benzene rings is 1. The van der Waals surface area contributed by atoms with Crippen molar-refractivity contribution in [2.45, 2.75) is 64.1 Å². The van der Waals surface area contributed by atoms with Crippen molar-refractivity contribution in [2.24, 2.45) is 0 Å². The molecule has 2 aromatic heterocycles. The third-order valence-electron chi connectivity index (χ3n) is 6.71. The molecular formula is C22H28FN9O. The number of H-pyrrole nitrogens is 1. The van der Waals surface area contributed by atoms with Crippen LogP contribution in [0.25, 0.3) is 5.69 Å². The summed E-state index contributed by atoms with van der Waals surface area (Å²) in [5.74, 6) is -0.0236. The maximum atomic E-state index is 14.6. The molecule has 2 aliphatic heterocycles. The Bertz CT molecular complexity index is 1220. The van der Waals surface area contributed by atoms with Crippen LogP contribution in [0.1, 0.15) is 45.1 Å². The van der Waals surface area contributed by atoms with Gasteiger partial charge in [-0.25, -0.2) is 19.3 Å². The van der Waals surface area contributed by atoms with Crippen molar-refractivity contribution in [1.82, 2.24) is 35.1 Å². The molecule has 0 unspecified atom stereocenters. The number of rotatable bonds is 5. The van der Waals surface area contributed by atoms with Gasteiger partial charge in [0.25, 0.3) is 0 Å². The molecule has 5 rings (SSSR count). The second-order valence-electron chi connectivity index (χ2n) is 9.52. The maximum Gasteiger partial charge on any atom is 0.365 e. The van der Waals surface area contributed by atoms with Crippen LogP contribution in [-0.4, -0.2) is 59.2 Å². The van der Waals surface area contributed by atoms with E-state index in [4.69, 9.17) is 0 Å². The van der Waals surface area contributed by atoms with E-state index in [1.165, 1.54) is 23.7 Å². The Morgan fingerprint density at radius 1 is 1.30 bits per heavy atom. The number of fused-ring (bicyclic) bond motifs is 1. The number of hydrogen-bond acceptors (Lipinski definition) is 8. The molecule has 0 bridgehead atoms. The van der Waals surface area contributed by atoms with Crippen LogP contribution in [0.4, 0.5) is 21.8 Å². The van der Waals surface area contributed by atoms with E-state index in [1.807, 2.05) is 19.1 Å². The first kappa shape index (κ1) is 21.5. The van der Waals surface area contributed by atoms with Crippen molar-refractivity contribution in [3.05, 3.63) is 46.3 Å². The van der Waals surface area contributed by atoms with Crippen LogP contribution >= 0.6 is 0 Å². The van der Waals surface area contributed by atoms with E-state index in [9.17, 15) is 9.18 Å². The molecule has 174 valence electrons. The zero-order valence-electron chi connectivity index (χ0n) is 19.0. The van der Waals surface area contributed by atoms with Gasteiger partial charge in [0.1, 0.15) is 0 Å². The lowest BCUT2D eigenvalue weighted by Gasteiger charge is -2.47. The summed E-state index contributed by atoms with van der Waals surface area (Å²) in [4.78, 5) is 23.0. The number of aryl methyl sites for hydroxylation is 1. The number of halogens is 1. The molecule has 0 radical (unpaired) electrons. The average Bonchev–Trinajstić information content (AvgIpc) is 3.41. The Hall–Kier alpha value is -3.34. The minimum Gasteiger partial charge on any atom is -0.365 e. The molecule has 2 fully saturated rings. The average molecular weight is 454 g/mol. The fourth-order valence-electron chi connectivity index (χ4n) is 5.24. The number of piperidine rings is 1. The summed E-state index contributed by atoms with van der Waals surface area (Å²) in [6, 6.07) is 6.10. The molecule has 0 saturated carbocycles. The van der Waals surface area contributed by atoms with E-state index in [1.54, 1.807) is 6.07 Å². The van der Waals surface area contributed by atoms with Gasteiger partial charge in [-0.3, -0.25) is 4.90 Å². The van der Waals surface area contributed by atoms with E-state index < -0.39 is 11.5 Å². The highest BCUT2D eigenvalue weighted by Gasteiger charge is 2.43. The van der Waals surface area contributed by atoms with E-state index >= 15 is 0 Å². The first-order valence-electron chi connectivity index (χ1n) is 11.2. The predicted molar refractivity (Wildman–Crippen MR) is 122 cm³/mol. The zero-order chi connectivity index (χ0) is 23.2. The van der Waals surface area contributed by atoms with E-state index in [2.05, 4.69) is 54.9 Å². The second-order valence-corrected chi connectivity index (χ2v) is 9.52. The largest absolute Gasteiger partial charge is 0.365 e. The van der Waals surface area contributed by atoms with Gasteiger partial charge in [-0.1, -0.05) is 6.07 Å². The summed E-state index contributed by atoms with van der Waals surface area (Å²) in [5, 5.41) is 16.1. The summed E-state index contributed by atoms with van der Waals surface area (Å²) >= 11 is 0. The molecular weight excluding hydrogens is 425 g/mol. The van der Waals surface area contributed by atoms with Gasteiger partial charge in [0.05, 0.1) is 11.9 Å². The first-order chi connectivity index (χ1) is 15.8. The topological polar surface area (TPSA) is 117 Å². The van der Waals surface area contributed by atoms with Crippen LogP contribution in [0.3, 0.4) is 0 Å². The molecule has 11 heteroatoms. The SMILES string of the molecule is Cc1ccc(Nc2ncc(F)c(N[C@@H]3C[C@@H]4CCCN4C(C)(C)C3)n2)cc1-n1nn[nH]c1=O. The summed E-state index contributed by atoms with van der Waals surface area (Å²) in [5.41, 5.74) is 1.70. The van der Waals surface area contributed by atoms with E-state index in [-0.39, 0.29) is 23.3 Å². The number of anilines is 3. The number of nitrogens with one attached hydrogen (secondary N) is 3. The van der Waals surface area contributed by atoms with Gasteiger partial charge >= 0.3 is 5.69 Å². The molecule has 10 nitrogen and oxygen atoms in total. The fraction of sp³-hybridized carbons (Fsp3) is 0.500. The Labute approximate surface area is 190 Å². The summed E-state index contributed by atoms with van der Waals surface area (Å²) in [6.45, 7) is 7.53. The molecule has 2 aliphatic rings. The lowest BCUT2D eigenvalue weighted by atomic mass is 9.84. The number of hydrogen-bond donors (Lipinski definition) is 3. The van der Waals surface area contributed by atoms with E-state index in [0.717, 1.165) is 24.9 Å². The molecule has 0 spiro atoms. The fourth-order valence-corrected chi connectivity index (χ4v) is 5.24. The van der Waals surface area contributed by atoms with Crippen LogP contribution in [-0.2, 0) is 0 Å². The van der Waals surface area contributed by atoms with Gasteiger partial charge in [0.15, 0.2) is 11.6 Å². The second kappa shape index (κ2) is 8.22. The molecule has 4 heterocycles. The Morgan fingerprint density at radius 2 is 2.15 bits per heavy atom. The van der Waals surface area contributed by atoms with Crippen molar-refractivity contribution in [3.8, 4) is 5.69 Å². The lowest BCUT2D eigenvalue weighted by molar-refractivity contribution is 0.0500. The third kappa shape index (κ3) is 4.20. The summed E-state index contributed by atoms with van der Waals surface area (Å²) in [7, 11) is 0. The maximum absolute atomic E-state index is 14.6. The van der Waals surface area contributed by atoms with Gasteiger partial charge in [0.2, 0.25) is 5.95 Å². The van der Waals surface area contributed by atoms with Gasteiger partial charge in [0, 0.05) is 23.3 Å². The molecule has 2 saturated heterocycles. The van der Waals surface area contributed by atoms with Gasteiger partial charge in [-0.05, 0) is 81.1 Å². The first-order valence-corrected chi connectivity index (χ1v) is 11.2. The van der Waals surface area contributed by atoms with Crippen LogP contribution in [0.5, 0.6) is 0 Å². The number of aromatic amines is 1. The number of tetrazole rings is 1. The molecule has 0 amide bonds. The zero-order valence-corrected chi connectivity index (χ0v) is 19.0. The minimum atomic E-state index is -0.481. The molecule has 33 heavy (non-hydrogen) atoms. The third-order valence-corrected chi connectivity index (χ3v) is 6.71. The number of aromatic nitrogens is 6. The van der Waals surface area contributed by atoms with Crippen LogP contribution in [0, 0.1) is 12.7 Å². The highest BCUT2D eigenvalue weighted by molar-refractivity contribution is 5.60. The highest BCUT2D eigenvalue weighted by atomic mass is 19.1. The van der Waals surface area contributed by atoms with Crippen LogP contribution < -0.4 is 16.3 Å². The molecule has 1 aromatic carbocycles. The number of nitrogens with zero attached hydrogens (tertiary/aromatic N) is 6. The van der Waals surface area contributed by atoms with Gasteiger partial charge < -0.3 is 10.6 Å². The van der Waals surface area contributed by atoms with Crippen molar-refractivity contribution in [3.63, 3.8) is 0 Å². The Balaban J connectivity index is 1.35. The summed E-state index contributed by atoms with van der Waals surface area (Å²) in [6.07, 6.45) is 5.47. The van der Waals surface area contributed by atoms with Crippen LogP contribution in [0.15, 0.2) is 29.2 Å². The quantitative estimate of drug-likeness (QED) is 0.540. The van der Waals surface area contributed by atoms with Crippen molar-refractivity contribution in [1.29, 1.82) is 0 Å². The Kier molecular flexibility index (Phi) is 5.35. The van der Waals surface area contributed by atoms with Gasteiger partial charge in [-0.15, -0.1) is 0 Å². The van der Waals surface area contributed by atoms with E-state index in [0.29, 0.717) is 17.4 Å². The molecule has 3 aromatic rings. The van der Waals surface area contributed by atoms with Gasteiger partial charge in [-0.2, -0.15) is 9.67 Å². The molecule has 2 atom stereocenters. The smallest absolute Gasteiger partial charge is 0.365 e. The monoisotopic (exact) mass is 453 g/mol. The highest BCUT2D eigenvalue weighted by Crippen LogP contribution is 2.38. The van der Waals surface area contributed by atoms with Crippen molar-refractivity contribution >= 4 is 17.5 Å². The van der Waals surface area contributed by atoms with Crippen molar-refractivity contribution < 1.29 is 4.39 Å². The standard InChI is InChI=1S/C22H28FN9O/c1-13-6-7-14(10-18(13)32-21(33)28-29-30-32)26-20-24-12-17(23)19(27-20)25-15-9-16-5-4-8-31(16)22(2,3)11-15/h6-7,10,12,15-16H,4-5,8-9,11H2,1-3H3,(H,28,30,33)(H2,24,25,26,27)/t15-,16+/m1/s1. The van der Waals surface area contributed by atoms with Crippen molar-refractivity contribution in [2.75, 3.05) is 17.2 Å². The predicted octanol–water partition coefficient (Wildman–Crippen LogP) is 2.75. The Morgan fingerprint density at radius 3 is 2.94 bits per heavy atom. The summed E-state index contributed by atoms with van der Waals surface area (Å²) < 4.78 is 15.8. The normalized spacial score (nSPS) is 22.2. The minimum absolute atomic E-state index is 0.0686. The molecule has 3 N–H and O–H groups in total. The van der Waals surface area contributed by atoms with Crippen LogP contribution in [0.2, 0.25) is 0 Å². The lowest BCUT2D eigenvalue weighted by Crippen LogP contribution is -2.55. The molecule has 0 aliphatic carbocycles.